The molecular formula is C13H15N3O3. The summed E-state index contributed by atoms with van der Waals surface area (Å²) in [5.74, 6) is 3.86. The predicted octanol–water partition coefficient (Wildman–Crippen LogP) is -0.581. The van der Waals surface area contributed by atoms with E-state index in [1.807, 2.05) is 0 Å². The molecule has 2 amide bonds. The van der Waals surface area contributed by atoms with Gasteiger partial charge in [0.15, 0.2) is 0 Å². The number of hydrogen-bond acceptors (Lipinski definition) is 4. The highest BCUT2D eigenvalue weighted by Gasteiger charge is 2.28. The first-order valence-electron chi connectivity index (χ1n) is 5.55. The van der Waals surface area contributed by atoms with E-state index in [4.69, 9.17) is 10.8 Å². The van der Waals surface area contributed by atoms with E-state index in [-0.39, 0.29) is 12.3 Å². The highest BCUT2D eigenvalue weighted by atomic mass is 16.2. The van der Waals surface area contributed by atoms with Gasteiger partial charge >= 0.3 is 0 Å². The Morgan fingerprint density at radius 3 is 2.79 bits per heavy atom. The van der Waals surface area contributed by atoms with E-state index in [1.165, 1.54) is 20.0 Å². The molecule has 0 radical (unpaired) electrons. The molecule has 19 heavy (non-hydrogen) atoms. The number of aliphatic hydroxyl groups is 1. The number of amides is 2. The molecular weight excluding hydrogens is 246 g/mol. The largest absolute Gasteiger partial charge is 0.384 e. The molecule has 0 bridgehead atoms. The Morgan fingerprint density at radius 2 is 2.21 bits per heavy atom. The lowest BCUT2D eigenvalue weighted by Gasteiger charge is -2.22. The number of nitrogens with one attached hydrogen (secondary N) is 1. The lowest BCUT2D eigenvalue weighted by atomic mass is 10.0. The summed E-state index contributed by atoms with van der Waals surface area (Å²) in [6.07, 6.45) is 1.44. The summed E-state index contributed by atoms with van der Waals surface area (Å²) in [6, 6.07) is 3.22. The van der Waals surface area contributed by atoms with Crippen molar-refractivity contribution in [1.29, 1.82) is 0 Å². The highest BCUT2D eigenvalue weighted by molar-refractivity contribution is 5.98. The lowest BCUT2D eigenvalue weighted by molar-refractivity contribution is -0.122. The first-order valence-corrected chi connectivity index (χ1v) is 5.55. The van der Waals surface area contributed by atoms with Crippen molar-refractivity contribution in [3.05, 3.63) is 29.6 Å². The second-order valence-corrected chi connectivity index (χ2v) is 4.30. The van der Waals surface area contributed by atoms with E-state index in [0.717, 1.165) is 0 Å². The fourth-order valence-corrected chi connectivity index (χ4v) is 1.23. The Balaban J connectivity index is 3.04. The van der Waals surface area contributed by atoms with Gasteiger partial charge in [-0.25, -0.2) is 4.98 Å². The second-order valence-electron chi connectivity index (χ2n) is 4.30. The number of rotatable bonds is 3. The summed E-state index contributed by atoms with van der Waals surface area (Å²) in [6.45, 7) is 2.67. The third-order valence-corrected chi connectivity index (χ3v) is 2.37. The molecule has 0 aliphatic heterocycles. The van der Waals surface area contributed by atoms with E-state index >= 15 is 0 Å². The van der Waals surface area contributed by atoms with Gasteiger partial charge in [0.1, 0.15) is 17.8 Å². The topological polar surface area (TPSA) is 105 Å². The maximum atomic E-state index is 12.0. The van der Waals surface area contributed by atoms with Crippen molar-refractivity contribution < 1.29 is 14.7 Å². The summed E-state index contributed by atoms with van der Waals surface area (Å²) < 4.78 is 0. The average molecular weight is 261 g/mol. The van der Waals surface area contributed by atoms with Crippen LogP contribution in [0.5, 0.6) is 0 Å². The molecule has 6 heteroatoms. The van der Waals surface area contributed by atoms with Crippen LogP contribution in [0, 0.1) is 11.8 Å². The minimum atomic E-state index is -1.18. The Morgan fingerprint density at radius 1 is 1.53 bits per heavy atom. The minimum absolute atomic E-state index is 0.0813. The number of pyridine rings is 1. The predicted molar refractivity (Wildman–Crippen MR) is 68.9 cm³/mol. The van der Waals surface area contributed by atoms with Gasteiger partial charge in [-0.2, -0.15) is 0 Å². The molecule has 0 saturated carbocycles. The van der Waals surface area contributed by atoms with E-state index < -0.39 is 17.4 Å². The van der Waals surface area contributed by atoms with Crippen LogP contribution in [0.15, 0.2) is 18.3 Å². The van der Waals surface area contributed by atoms with Crippen LogP contribution in [0.3, 0.4) is 0 Å². The molecule has 0 aliphatic rings. The van der Waals surface area contributed by atoms with Crippen molar-refractivity contribution in [2.75, 3.05) is 6.61 Å². The molecule has 6 nitrogen and oxygen atoms in total. The molecule has 0 spiro atoms. The van der Waals surface area contributed by atoms with Gasteiger partial charge in [-0.3, -0.25) is 9.59 Å². The van der Waals surface area contributed by atoms with Gasteiger partial charge in [0, 0.05) is 6.20 Å². The molecule has 0 aromatic carbocycles. The van der Waals surface area contributed by atoms with Gasteiger partial charge in [-0.15, -0.1) is 0 Å². The maximum absolute atomic E-state index is 12.0. The van der Waals surface area contributed by atoms with Crippen LogP contribution in [-0.4, -0.2) is 34.1 Å². The molecule has 1 heterocycles. The first kappa shape index (κ1) is 14.7. The zero-order chi connectivity index (χ0) is 14.5. The average Bonchev–Trinajstić information content (AvgIpc) is 2.36. The number of nitrogens with two attached hydrogens (primary N) is 1. The Kier molecular flexibility index (Phi) is 4.62. The van der Waals surface area contributed by atoms with Crippen LogP contribution in [0.2, 0.25) is 0 Å². The molecule has 0 unspecified atom stereocenters. The normalized spacial score (nSPS) is 10.3. The zero-order valence-electron chi connectivity index (χ0n) is 10.7. The molecule has 0 fully saturated rings. The van der Waals surface area contributed by atoms with Crippen LogP contribution in [0.25, 0.3) is 0 Å². The fraction of sp³-hybridized carbons (Fsp3) is 0.308. The fourth-order valence-electron chi connectivity index (χ4n) is 1.23. The van der Waals surface area contributed by atoms with Gasteiger partial charge in [0.25, 0.3) is 5.91 Å². The number of hydrogen-bond donors (Lipinski definition) is 3. The number of aliphatic hydroxyl groups excluding tert-OH is 1. The van der Waals surface area contributed by atoms with Gasteiger partial charge < -0.3 is 16.2 Å². The quantitative estimate of drug-likeness (QED) is 0.633. The third kappa shape index (κ3) is 3.79. The zero-order valence-corrected chi connectivity index (χ0v) is 10.7. The van der Waals surface area contributed by atoms with E-state index in [0.29, 0.717) is 5.56 Å². The Labute approximate surface area is 111 Å². The summed E-state index contributed by atoms with van der Waals surface area (Å²) in [7, 11) is 0. The minimum Gasteiger partial charge on any atom is -0.384 e. The van der Waals surface area contributed by atoms with Crippen LogP contribution in [-0.2, 0) is 4.79 Å². The van der Waals surface area contributed by atoms with Crippen LogP contribution < -0.4 is 11.1 Å². The molecule has 1 aromatic heterocycles. The number of nitrogens with zero attached hydrogens (tertiary/aromatic N) is 1. The monoisotopic (exact) mass is 261 g/mol. The van der Waals surface area contributed by atoms with E-state index in [9.17, 15) is 9.59 Å². The summed E-state index contributed by atoms with van der Waals surface area (Å²) >= 11 is 0. The molecule has 0 saturated heterocycles. The van der Waals surface area contributed by atoms with Gasteiger partial charge in [-0.1, -0.05) is 11.8 Å². The molecule has 4 N–H and O–H groups in total. The van der Waals surface area contributed by atoms with Gasteiger partial charge in [0.2, 0.25) is 5.91 Å². The summed E-state index contributed by atoms with van der Waals surface area (Å²) in [4.78, 5) is 27.1. The van der Waals surface area contributed by atoms with Crippen molar-refractivity contribution in [2.24, 2.45) is 5.73 Å². The van der Waals surface area contributed by atoms with Gasteiger partial charge in [0.05, 0.1) is 5.56 Å². The molecule has 0 atom stereocenters. The Hall–Kier alpha value is -2.39. The first-order chi connectivity index (χ1) is 8.88. The van der Waals surface area contributed by atoms with E-state index in [2.05, 4.69) is 22.1 Å². The van der Waals surface area contributed by atoms with Crippen molar-refractivity contribution in [1.82, 2.24) is 10.3 Å². The number of aromatic nitrogens is 1. The lowest BCUT2D eigenvalue weighted by Crippen LogP contribution is -2.53. The standard InChI is InChI=1S/C13H15N3O3/c1-13(2,12(14)19)16-11(18)10-9(6-4-8-17)5-3-7-15-10/h3,5,7,17H,8H2,1-2H3,(H2,14,19)(H,16,18). The number of primary amides is 1. The second kappa shape index (κ2) is 5.98. The highest BCUT2D eigenvalue weighted by Crippen LogP contribution is 2.07. The van der Waals surface area contributed by atoms with Crippen molar-refractivity contribution >= 4 is 11.8 Å². The SMILES string of the molecule is CC(C)(NC(=O)c1ncccc1C#CCO)C(N)=O. The van der Waals surface area contributed by atoms with Crippen LogP contribution >= 0.6 is 0 Å². The summed E-state index contributed by atoms with van der Waals surface area (Å²) in [5, 5.41) is 11.1. The van der Waals surface area contributed by atoms with Crippen molar-refractivity contribution in [3.63, 3.8) is 0 Å². The molecule has 100 valence electrons. The van der Waals surface area contributed by atoms with Crippen molar-refractivity contribution in [2.45, 2.75) is 19.4 Å². The molecule has 0 aliphatic carbocycles. The van der Waals surface area contributed by atoms with Crippen LogP contribution in [0.1, 0.15) is 29.9 Å². The third-order valence-electron chi connectivity index (χ3n) is 2.37. The number of carbonyl (C=O) groups is 2. The number of carbonyl (C=O) groups excluding carboxylic acids is 2. The molecule has 1 aromatic rings. The summed E-state index contributed by atoms with van der Waals surface area (Å²) in [5.41, 5.74) is 4.45. The molecule has 1 rings (SSSR count). The van der Waals surface area contributed by atoms with Gasteiger partial charge in [-0.05, 0) is 26.0 Å². The Bertz CT molecular complexity index is 556. The van der Waals surface area contributed by atoms with Crippen LogP contribution in [0.4, 0.5) is 0 Å². The van der Waals surface area contributed by atoms with E-state index in [1.54, 1.807) is 12.1 Å². The maximum Gasteiger partial charge on any atom is 0.272 e. The smallest absolute Gasteiger partial charge is 0.272 e. The van der Waals surface area contributed by atoms with Crippen molar-refractivity contribution in [3.8, 4) is 11.8 Å².